The third kappa shape index (κ3) is 5.77. The second kappa shape index (κ2) is 6.64. The number of amides is 1. The van der Waals surface area contributed by atoms with Crippen molar-refractivity contribution < 1.29 is 4.79 Å². The van der Waals surface area contributed by atoms with Crippen LogP contribution in [0.1, 0.15) is 52.9 Å². The average Bonchev–Trinajstić information content (AvgIpc) is 3.00. The van der Waals surface area contributed by atoms with Crippen LogP contribution in [0.2, 0.25) is 0 Å². The van der Waals surface area contributed by atoms with Crippen LogP contribution in [-0.4, -0.2) is 28.5 Å². The molecule has 1 rings (SSSR count). The molecule has 0 aromatic rings. The summed E-state index contributed by atoms with van der Waals surface area (Å²) < 4.78 is 0. The Hall–Kier alpha value is -0.220. The number of hydrogen-bond acceptors (Lipinski definition) is 3. The topological polar surface area (TPSA) is 55.1 Å². The molecule has 0 aromatic heterocycles. The van der Waals surface area contributed by atoms with Crippen LogP contribution in [0.15, 0.2) is 0 Å². The summed E-state index contributed by atoms with van der Waals surface area (Å²) in [7, 11) is 0. The molecule has 1 amide bonds. The Kier molecular flexibility index (Phi) is 5.80. The molecule has 4 heteroatoms. The SMILES string of the molecule is CC(C)SCCCCC(C)(NC1CC1)C(N)=O. The van der Waals surface area contributed by atoms with Crippen LogP contribution in [-0.2, 0) is 4.79 Å². The fraction of sp³-hybridized carbons (Fsp3) is 0.923. The summed E-state index contributed by atoms with van der Waals surface area (Å²) in [6.45, 7) is 6.38. The van der Waals surface area contributed by atoms with E-state index in [0.717, 1.165) is 19.3 Å². The molecule has 0 bridgehead atoms. The Morgan fingerprint density at radius 1 is 1.47 bits per heavy atom. The van der Waals surface area contributed by atoms with Gasteiger partial charge in [0, 0.05) is 6.04 Å². The van der Waals surface area contributed by atoms with E-state index in [1.54, 1.807) is 0 Å². The molecule has 1 unspecified atom stereocenters. The van der Waals surface area contributed by atoms with Gasteiger partial charge in [0.25, 0.3) is 0 Å². The number of carbonyl (C=O) groups is 1. The third-order valence-corrected chi connectivity index (χ3v) is 4.36. The molecular weight excluding hydrogens is 232 g/mol. The molecule has 1 aliphatic carbocycles. The Labute approximate surface area is 109 Å². The van der Waals surface area contributed by atoms with Crippen molar-refractivity contribution in [2.45, 2.75) is 69.7 Å². The van der Waals surface area contributed by atoms with Gasteiger partial charge in [-0.05, 0) is 43.6 Å². The lowest BCUT2D eigenvalue weighted by Crippen LogP contribution is -2.53. The zero-order valence-corrected chi connectivity index (χ0v) is 12.1. The van der Waals surface area contributed by atoms with Gasteiger partial charge in [-0.3, -0.25) is 4.79 Å². The van der Waals surface area contributed by atoms with E-state index in [1.807, 2.05) is 18.7 Å². The highest BCUT2D eigenvalue weighted by Crippen LogP contribution is 2.25. The molecular formula is C13H26N2OS. The van der Waals surface area contributed by atoms with E-state index in [4.69, 9.17) is 5.73 Å². The van der Waals surface area contributed by atoms with Gasteiger partial charge >= 0.3 is 0 Å². The summed E-state index contributed by atoms with van der Waals surface area (Å²) in [5, 5.41) is 4.08. The summed E-state index contributed by atoms with van der Waals surface area (Å²) >= 11 is 1.98. The van der Waals surface area contributed by atoms with Gasteiger partial charge in [0.1, 0.15) is 0 Å². The van der Waals surface area contributed by atoms with E-state index in [1.165, 1.54) is 18.6 Å². The molecule has 3 N–H and O–H groups in total. The summed E-state index contributed by atoms with van der Waals surface area (Å²) in [6, 6.07) is 0.525. The average molecular weight is 258 g/mol. The predicted octanol–water partition coefficient (Wildman–Crippen LogP) is 2.29. The monoisotopic (exact) mass is 258 g/mol. The molecule has 0 spiro atoms. The highest BCUT2D eigenvalue weighted by molar-refractivity contribution is 7.99. The van der Waals surface area contributed by atoms with Gasteiger partial charge in [-0.25, -0.2) is 0 Å². The first kappa shape index (κ1) is 14.8. The number of carbonyl (C=O) groups excluding carboxylic acids is 1. The third-order valence-electron chi connectivity index (χ3n) is 3.17. The van der Waals surface area contributed by atoms with Crippen LogP contribution in [0, 0.1) is 0 Å². The molecule has 0 aliphatic heterocycles. The van der Waals surface area contributed by atoms with Crippen LogP contribution in [0.5, 0.6) is 0 Å². The first-order valence-electron chi connectivity index (χ1n) is 6.63. The summed E-state index contributed by atoms with van der Waals surface area (Å²) in [5.41, 5.74) is 5.01. The maximum absolute atomic E-state index is 11.5. The first-order valence-corrected chi connectivity index (χ1v) is 7.68. The van der Waals surface area contributed by atoms with Gasteiger partial charge in [-0.1, -0.05) is 20.3 Å². The van der Waals surface area contributed by atoms with Gasteiger partial charge < -0.3 is 11.1 Å². The Morgan fingerprint density at radius 2 is 2.12 bits per heavy atom. The molecule has 3 nitrogen and oxygen atoms in total. The van der Waals surface area contributed by atoms with Gasteiger partial charge in [0.05, 0.1) is 5.54 Å². The molecule has 1 fully saturated rings. The van der Waals surface area contributed by atoms with E-state index in [2.05, 4.69) is 19.2 Å². The number of unbranched alkanes of at least 4 members (excludes halogenated alkanes) is 1. The van der Waals surface area contributed by atoms with Gasteiger partial charge in [-0.15, -0.1) is 0 Å². The van der Waals surface area contributed by atoms with E-state index in [9.17, 15) is 4.79 Å². The van der Waals surface area contributed by atoms with E-state index >= 15 is 0 Å². The normalized spacial score (nSPS) is 19.3. The maximum Gasteiger partial charge on any atom is 0.237 e. The van der Waals surface area contributed by atoms with Crippen LogP contribution in [0.3, 0.4) is 0 Å². The molecule has 100 valence electrons. The van der Waals surface area contributed by atoms with Gasteiger partial charge in [0.15, 0.2) is 0 Å². The Bertz CT molecular complexity index is 254. The van der Waals surface area contributed by atoms with Gasteiger partial charge in [0.2, 0.25) is 5.91 Å². The lowest BCUT2D eigenvalue weighted by atomic mass is 9.94. The van der Waals surface area contributed by atoms with Crippen LogP contribution in [0.25, 0.3) is 0 Å². The van der Waals surface area contributed by atoms with E-state index in [0.29, 0.717) is 11.3 Å². The second-order valence-corrected chi connectivity index (χ2v) is 7.18. The Balaban J connectivity index is 2.21. The smallest absolute Gasteiger partial charge is 0.237 e. The van der Waals surface area contributed by atoms with Crippen molar-refractivity contribution in [3.63, 3.8) is 0 Å². The largest absolute Gasteiger partial charge is 0.368 e. The number of nitrogens with two attached hydrogens (primary N) is 1. The first-order chi connectivity index (χ1) is 7.94. The standard InChI is InChI=1S/C13H26N2OS/c1-10(2)17-9-5-4-8-13(3,12(14)16)15-11-6-7-11/h10-11,15H,4-9H2,1-3H3,(H2,14,16). The van der Waals surface area contributed by atoms with Crippen molar-refractivity contribution >= 4 is 17.7 Å². The van der Waals surface area contributed by atoms with Crippen molar-refractivity contribution in [1.29, 1.82) is 0 Å². The summed E-state index contributed by atoms with van der Waals surface area (Å²) in [5.74, 6) is 0.969. The van der Waals surface area contributed by atoms with Crippen molar-refractivity contribution in [3.8, 4) is 0 Å². The molecule has 0 heterocycles. The van der Waals surface area contributed by atoms with Crippen LogP contribution in [0.4, 0.5) is 0 Å². The number of nitrogens with one attached hydrogen (secondary N) is 1. The van der Waals surface area contributed by atoms with E-state index in [-0.39, 0.29) is 5.91 Å². The minimum absolute atomic E-state index is 0.207. The molecule has 1 saturated carbocycles. The fourth-order valence-corrected chi connectivity index (χ4v) is 2.69. The number of hydrogen-bond donors (Lipinski definition) is 2. The quantitative estimate of drug-likeness (QED) is 0.624. The zero-order chi connectivity index (χ0) is 12.9. The van der Waals surface area contributed by atoms with Crippen molar-refractivity contribution in [2.75, 3.05) is 5.75 Å². The van der Waals surface area contributed by atoms with Crippen LogP contribution < -0.4 is 11.1 Å². The van der Waals surface area contributed by atoms with Crippen molar-refractivity contribution in [2.24, 2.45) is 5.73 Å². The molecule has 1 atom stereocenters. The minimum Gasteiger partial charge on any atom is -0.368 e. The highest BCUT2D eigenvalue weighted by atomic mass is 32.2. The lowest BCUT2D eigenvalue weighted by Gasteiger charge is -2.27. The molecule has 1 aliphatic rings. The molecule has 0 aromatic carbocycles. The zero-order valence-electron chi connectivity index (χ0n) is 11.3. The predicted molar refractivity (Wildman–Crippen MR) is 75.2 cm³/mol. The van der Waals surface area contributed by atoms with Gasteiger partial charge in [-0.2, -0.15) is 11.8 Å². The number of rotatable bonds is 9. The number of thioether (sulfide) groups is 1. The number of primary amides is 1. The fourth-order valence-electron chi connectivity index (χ4n) is 1.84. The highest BCUT2D eigenvalue weighted by Gasteiger charge is 2.36. The molecule has 17 heavy (non-hydrogen) atoms. The van der Waals surface area contributed by atoms with Crippen molar-refractivity contribution in [3.05, 3.63) is 0 Å². The van der Waals surface area contributed by atoms with E-state index < -0.39 is 5.54 Å². The minimum atomic E-state index is -0.496. The maximum atomic E-state index is 11.5. The molecule has 0 radical (unpaired) electrons. The Morgan fingerprint density at radius 3 is 2.59 bits per heavy atom. The van der Waals surface area contributed by atoms with Crippen LogP contribution >= 0.6 is 11.8 Å². The summed E-state index contributed by atoms with van der Waals surface area (Å²) in [4.78, 5) is 11.5. The summed E-state index contributed by atoms with van der Waals surface area (Å²) in [6.07, 6.45) is 5.46. The van der Waals surface area contributed by atoms with Crippen molar-refractivity contribution in [1.82, 2.24) is 5.32 Å². The second-order valence-electron chi connectivity index (χ2n) is 5.49. The molecule has 0 saturated heterocycles. The lowest BCUT2D eigenvalue weighted by molar-refractivity contribution is -0.124.